The summed E-state index contributed by atoms with van der Waals surface area (Å²) in [5, 5.41) is 7.86. The highest BCUT2D eigenvalue weighted by molar-refractivity contribution is 7.11. The smallest absolute Gasteiger partial charge is 0.191 e. The Bertz CT molecular complexity index is 760. The minimum atomic E-state index is 0.144. The number of morpholine rings is 1. The molecule has 0 amide bonds. The third kappa shape index (κ3) is 5.56. The third-order valence-corrected chi connectivity index (χ3v) is 5.89. The van der Waals surface area contributed by atoms with Gasteiger partial charge in [-0.05, 0) is 39.8 Å². The van der Waals surface area contributed by atoms with Crippen LogP contribution in [0.4, 0.5) is 0 Å². The summed E-state index contributed by atoms with van der Waals surface area (Å²) >= 11 is 1.71. The first-order chi connectivity index (χ1) is 13.6. The van der Waals surface area contributed by atoms with E-state index in [2.05, 4.69) is 40.4 Å². The highest BCUT2D eigenvalue weighted by Gasteiger charge is 2.25. The number of furan rings is 1. The van der Waals surface area contributed by atoms with E-state index in [0.29, 0.717) is 13.1 Å². The van der Waals surface area contributed by atoms with E-state index in [1.54, 1.807) is 11.3 Å². The van der Waals surface area contributed by atoms with Crippen LogP contribution in [0.3, 0.4) is 0 Å². The maximum Gasteiger partial charge on any atom is 0.191 e. The summed E-state index contributed by atoms with van der Waals surface area (Å²) < 4.78 is 11.5. The maximum atomic E-state index is 5.95. The lowest BCUT2D eigenvalue weighted by atomic mass is 10.1. The van der Waals surface area contributed by atoms with Gasteiger partial charge in [-0.1, -0.05) is 0 Å². The van der Waals surface area contributed by atoms with Gasteiger partial charge in [0.15, 0.2) is 5.96 Å². The molecular formula is C20H31N5O2S. The first-order valence-electron chi connectivity index (χ1n) is 9.90. The Morgan fingerprint density at radius 3 is 2.64 bits per heavy atom. The lowest BCUT2D eigenvalue weighted by molar-refractivity contribution is 0.0124. The molecule has 1 fully saturated rings. The first-order valence-corrected chi connectivity index (χ1v) is 10.7. The van der Waals surface area contributed by atoms with E-state index in [1.165, 1.54) is 4.88 Å². The van der Waals surface area contributed by atoms with Gasteiger partial charge in [0.2, 0.25) is 0 Å². The van der Waals surface area contributed by atoms with Crippen molar-refractivity contribution in [1.82, 2.24) is 20.5 Å². The number of aromatic nitrogens is 1. The summed E-state index contributed by atoms with van der Waals surface area (Å²) in [5.74, 6) is 2.71. The lowest BCUT2D eigenvalue weighted by Crippen LogP contribution is -2.46. The molecule has 3 rings (SSSR count). The van der Waals surface area contributed by atoms with Crippen LogP contribution < -0.4 is 10.6 Å². The Labute approximate surface area is 171 Å². The van der Waals surface area contributed by atoms with Crippen molar-refractivity contribution in [3.63, 3.8) is 0 Å². The molecule has 0 aromatic carbocycles. The van der Waals surface area contributed by atoms with Gasteiger partial charge in [-0.3, -0.25) is 4.90 Å². The van der Waals surface area contributed by atoms with Crippen LogP contribution in [0.1, 0.15) is 40.1 Å². The zero-order chi connectivity index (χ0) is 19.9. The van der Waals surface area contributed by atoms with E-state index in [0.717, 1.165) is 61.0 Å². The standard InChI is InChI=1S/C20H31N5O2S/c1-5-21-20(23-13-19-24-15(3)16(4)28-19)22-12-17(18-7-6-14(2)27-18)25-8-10-26-11-9-25/h6-7,17H,5,8-13H2,1-4H3,(H2,21,22,23). The Kier molecular flexibility index (Phi) is 7.47. The SMILES string of the molecule is CCNC(=NCc1nc(C)c(C)s1)NCC(c1ccc(C)o1)N1CCOCC1. The molecule has 1 aliphatic rings. The van der Waals surface area contributed by atoms with Gasteiger partial charge in [-0.2, -0.15) is 0 Å². The fourth-order valence-electron chi connectivity index (χ4n) is 3.22. The Balaban J connectivity index is 1.68. The number of thiazole rings is 1. The van der Waals surface area contributed by atoms with E-state index in [-0.39, 0.29) is 6.04 Å². The Morgan fingerprint density at radius 1 is 1.25 bits per heavy atom. The number of ether oxygens (including phenoxy) is 1. The van der Waals surface area contributed by atoms with Crippen LogP contribution in [-0.2, 0) is 11.3 Å². The fraction of sp³-hybridized carbons (Fsp3) is 0.600. The van der Waals surface area contributed by atoms with E-state index >= 15 is 0 Å². The van der Waals surface area contributed by atoms with Crippen LogP contribution in [0.15, 0.2) is 21.5 Å². The van der Waals surface area contributed by atoms with Crippen LogP contribution in [0, 0.1) is 20.8 Å². The number of aliphatic imine (C=N–C) groups is 1. The molecule has 3 heterocycles. The van der Waals surface area contributed by atoms with Crippen LogP contribution in [0.25, 0.3) is 0 Å². The zero-order valence-corrected chi connectivity index (χ0v) is 18.1. The molecular weight excluding hydrogens is 374 g/mol. The van der Waals surface area contributed by atoms with Crippen molar-refractivity contribution in [3.05, 3.63) is 39.2 Å². The van der Waals surface area contributed by atoms with Crippen molar-refractivity contribution in [1.29, 1.82) is 0 Å². The summed E-state index contributed by atoms with van der Waals surface area (Å²) in [6.07, 6.45) is 0. The largest absolute Gasteiger partial charge is 0.465 e. The summed E-state index contributed by atoms with van der Waals surface area (Å²) in [6, 6.07) is 4.24. The van der Waals surface area contributed by atoms with Gasteiger partial charge >= 0.3 is 0 Å². The molecule has 2 aromatic heterocycles. The molecule has 0 bridgehead atoms. The van der Waals surface area contributed by atoms with Crippen molar-refractivity contribution in [2.24, 2.45) is 4.99 Å². The predicted octanol–water partition coefficient (Wildman–Crippen LogP) is 2.79. The van der Waals surface area contributed by atoms with Crippen molar-refractivity contribution < 1.29 is 9.15 Å². The van der Waals surface area contributed by atoms with E-state index in [4.69, 9.17) is 14.1 Å². The summed E-state index contributed by atoms with van der Waals surface area (Å²) in [7, 11) is 0. The van der Waals surface area contributed by atoms with E-state index < -0.39 is 0 Å². The Hall–Kier alpha value is -1.90. The number of guanidine groups is 1. The summed E-state index contributed by atoms with van der Waals surface area (Å²) in [6.45, 7) is 13.6. The monoisotopic (exact) mass is 405 g/mol. The maximum absolute atomic E-state index is 5.95. The first kappa shape index (κ1) is 20.8. The van der Waals surface area contributed by atoms with Gasteiger partial charge in [-0.25, -0.2) is 9.98 Å². The van der Waals surface area contributed by atoms with Crippen LogP contribution in [-0.4, -0.2) is 55.2 Å². The summed E-state index contributed by atoms with van der Waals surface area (Å²) in [4.78, 5) is 13.0. The number of nitrogens with one attached hydrogen (secondary N) is 2. The molecule has 0 spiro atoms. The molecule has 2 N–H and O–H groups in total. The molecule has 1 aliphatic heterocycles. The predicted molar refractivity (Wildman–Crippen MR) is 113 cm³/mol. The number of hydrogen-bond acceptors (Lipinski definition) is 6. The van der Waals surface area contributed by atoms with E-state index in [9.17, 15) is 0 Å². The number of hydrogen-bond donors (Lipinski definition) is 2. The minimum absolute atomic E-state index is 0.144. The van der Waals surface area contributed by atoms with Gasteiger partial charge in [0, 0.05) is 31.1 Å². The van der Waals surface area contributed by atoms with Crippen molar-refractivity contribution in [3.8, 4) is 0 Å². The fourth-order valence-corrected chi connectivity index (χ4v) is 4.08. The molecule has 1 atom stereocenters. The molecule has 154 valence electrons. The normalized spacial score (nSPS) is 16.9. The van der Waals surface area contributed by atoms with Gasteiger partial charge in [0.25, 0.3) is 0 Å². The van der Waals surface area contributed by atoms with Crippen LogP contribution in [0.5, 0.6) is 0 Å². The number of aryl methyl sites for hydroxylation is 3. The van der Waals surface area contributed by atoms with Crippen molar-refractivity contribution >= 4 is 17.3 Å². The average Bonchev–Trinajstić information content (AvgIpc) is 3.26. The summed E-state index contributed by atoms with van der Waals surface area (Å²) in [5.41, 5.74) is 1.09. The molecule has 1 saturated heterocycles. The number of nitrogens with zero attached hydrogens (tertiary/aromatic N) is 3. The molecule has 0 saturated carbocycles. The Morgan fingerprint density at radius 2 is 2.04 bits per heavy atom. The van der Waals surface area contributed by atoms with Crippen molar-refractivity contribution in [2.45, 2.75) is 40.3 Å². The van der Waals surface area contributed by atoms with Gasteiger partial charge in [0.05, 0.1) is 31.5 Å². The number of rotatable bonds is 7. The second-order valence-electron chi connectivity index (χ2n) is 6.94. The highest BCUT2D eigenvalue weighted by Crippen LogP contribution is 2.23. The van der Waals surface area contributed by atoms with Crippen molar-refractivity contribution in [2.75, 3.05) is 39.4 Å². The second-order valence-corrected chi connectivity index (χ2v) is 8.23. The molecule has 0 radical (unpaired) electrons. The molecule has 7 nitrogen and oxygen atoms in total. The molecule has 8 heteroatoms. The zero-order valence-electron chi connectivity index (χ0n) is 17.2. The molecule has 0 aliphatic carbocycles. The molecule has 2 aromatic rings. The van der Waals surface area contributed by atoms with Gasteiger partial charge in [-0.15, -0.1) is 11.3 Å². The molecule has 28 heavy (non-hydrogen) atoms. The topological polar surface area (TPSA) is 74.9 Å². The van der Waals surface area contributed by atoms with Crippen LogP contribution in [0.2, 0.25) is 0 Å². The average molecular weight is 406 g/mol. The third-order valence-electron chi connectivity index (χ3n) is 4.83. The molecule has 1 unspecified atom stereocenters. The van der Waals surface area contributed by atoms with E-state index in [1.807, 2.05) is 19.9 Å². The van der Waals surface area contributed by atoms with Gasteiger partial charge < -0.3 is 19.8 Å². The highest BCUT2D eigenvalue weighted by atomic mass is 32.1. The van der Waals surface area contributed by atoms with Gasteiger partial charge in [0.1, 0.15) is 16.5 Å². The van der Waals surface area contributed by atoms with Crippen LogP contribution >= 0.6 is 11.3 Å². The second kappa shape index (κ2) is 10.0. The lowest BCUT2D eigenvalue weighted by Gasteiger charge is -2.33. The quantitative estimate of drug-likeness (QED) is 0.545. The minimum Gasteiger partial charge on any atom is -0.465 e.